The lowest BCUT2D eigenvalue weighted by molar-refractivity contribution is 0.280. The van der Waals surface area contributed by atoms with Crippen LogP contribution < -0.4 is 10.5 Å². The lowest BCUT2D eigenvalue weighted by atomic mass is 10.2. The fourth-order valence-corrected chi connectivity index (χ4v) is 1.95. The van der Waals surface area contributed by atoms with Gasteiger partial charge in [-0.3, -0.25) is 4.90 Å². The van der Waals surface area contributed by atoms with E-state index in [0.29, 0.717) is 11.8 Å². The molecule has 0 spiro atoms. The first-order valence-electron chi connectivity index (χ1n) is 5.16. The fraction of sp³-hybridized carbons (Fsp3) is 0.600. The van der Waals surface area contributed by atoms with Crippen LogP contribution in [-0.4, -0.2) is 28.5 Å². The molecule has 0 saturated heterocycles. The minimum absolute atomic E-state index is 0.295. The number of hydrogen-bond acceptors (Lipinski definition) is 5. The van der Waals surface area contributed by atoms with Gasteiger partial charge in [0.05, 0.1) is 18.4 Å². The van der Waals surface area contributed by atoms with Crippen molar-refractivity contribution >= 4 is 5.95 Å². The summed E-state index contributed by atoms with van der Waals surface area (Å²) in [6, 6.07) is 0. The maximum absolute atomic E-state index is 5.61. The van der Waals surface area contributed by atoms with Gasteiger partial charge in [0.15, 0.2) is 0 Å². The molecule has 5 nitrogen and oxygen atoms in total. The zero-order valence-electron chi connectivity index (χ0n) is 9.16. The molecule has 5 heteroatoms. The van der Waals surface area contributed by atoms with Crippen molar-refractivity contribution in [1.82, 2.24) is 14.9 Å². The highest BCUT2D eigenvalue weighted by molar-refractivity contribution is 5.38. The molecule has 0 radical (unpaired) electrons. The Hall–Kier alpha value is -1.36. The second-order valence-electron chi connectivity index (χ2n) is 3.73. The quantitative estimate of drug-likeness (QED) is 0.795. The summed E-state index contributed by atoms with van der Waals surface area (Å²) in [6.07, 6.45) is 1.14. The smallest absolute Gasteiger partial charge is 0.223 e. The number of hydrogen-bond donors (Lipinski definition) is 1. The van der Waals surface area contributed by atoms with Gasteiger partial charge in [0.1, 0.15) is 0 Å². The molecule has 0 saturated carbocycles. The van der Waals surface area contributed by atoms with Crippen molar-refractivity contribution in [3.63, 3.8) is 0 Å². The molecule has 1 aliphatic rings. The van der Waals surface area contributed by atoms with Gasteiger partial charge >= 0.3 is 0 Å². The summed E-state index contributed by atoms with van der Waals surface area (Å²) in [7, 11) is 1.62. The van der Waals surface area contributed by atoms with Gasteiger partial charge in [-0.25, -0.2) is 4.98 Å². The molecule has 0 aliphatic carbocycles. The van der Waals surface area contributed by atoms with Crippen LogP contribution in [0, 0.1) is 0 Å². The Bertz CT molecular complexity index is 367. The van der Waals surface area contributed by atoms with Crippen LogP contribution in [0.4, 0.5) is 5.95 Å². The summed E-state index contributed by atoms with van der Waals surface area (Å²) in [6.45, 7) is 4.96. The molecule has 0 aromatic carbocycles. The maximum atomic E-state index is 5.61. The molecule has 0 unspecified atom stereocenters. The Balaban J connectivity index is 2.28. The van der Waals surface area contributed by atoms with Gasteiger partial charge in [-0.1, -0.05) is 6.92 Å². The van der Waals surface area contributed by atoms with E-state index in [0.717, 1.165) is 37.3 Å². The highest BCUT2D eigenvalue weighted by atomic mass is 16.5. The van der Waals surface area contributed by atoms with Gasteiger partial charge < -0.3 is 10.5 Å². The molecule has 82 valence electrons. The maximum Gasteiger partial charge on any atom is 0.223 e. The molecule has 2 N–H and O–H groups in total. The number of nitrogens with two attached hydrogens (primary N) is 1. The predicted octanol–water partition coefficient (Wildman–Crippen LogP) is 0.793. The van der Waals surface area contributed by atoms with E-state index in [1.54, 1.807) is 7.11 Å². The van der Waals surface area contributed by atoms with Gasteiger partial charge in [-0.15, -0.1) is 0 Å². The number of nitrogen functional groups attached to an aromatic ring is 1. The van der Waals surface area contributed by atoms with Crippen molar-refractivity contribution in [3.8, 4) is 5.88 Å². The van der Waals surface area contributed by atoms with Crippen LogP contribution in [0.5, 0.6) is 5.88 Å². The molecule has 1 aromatic heterocycles. The van der Waals surface area contributed by atoms with E-state index in [9.17, 15) is 0 Å². The first-order chi connectivity index (χ1) is 7.24. The molecule has 0 bridgehead atoms. The summed E-state index contributed by atoms with van der Waals surface area (Å²) in [5, 5.41) is 0. The van der Waals surface area contributed by atoms with Gasteiger partial charge in [-0.2, -0.15) is 4.98 Å². The first-order valence-corrected chi connectivity index (χ1v) is 5.16. The molecular weight excluding hydrogens is 192 g/mol. The van der Waals surface area contributed by atoms with Crippen LogP contribution in [0.25, 0.3) is 0 Å². The van der Waals surface area contributed by atoms with Gasteiger partial charge in [0, 0.05) is 13.1 Å². The zero-order valence-corrected chi connectivity index (χ0v) is 9.16. The van der Waals surface area contributed by atoms with Gasteiger partial charge in [0.2, 0.25) is 11.8 Å². The minimum Gasteiger partial charge on any atom is -0.481 e. The van der Waals surface area contributed by atoms with E-state index < -0.39 is 0 Å². The second-order valence-corrected chi connectivity index (χ2v) is 3.73. The number of aromatic nitrogens is 2. The molecule has 2 heterocycles. The lowest BCUT2D eigenvalue weighted by Crippen LogP contribution is -2.16. The standard InChI is InChI=1S/C10H16N4O/c1-3-4-14-5-7-8(6-14)12-10(11)13-9(7)15-2/h3-6H2,1-2H3,(H2,11,12,13). The molecule has 1 aromatic rings. The van der Waals surface area contributed by atoms with Crippen molar-refractivity contribution in [1.29, 1.82) is 0 Å². The average Bonchev–Trinajstić information content (AvgIpc) is 2.59. The summed E-state index contributed by atoms with van der Waals surface area (Å²) in [5.41, 5.74) is 7.70. The topological polar surface area (TPSA) is 64.3 Å². The van der Waals surface area contributed by atoms with Gasteiger partial charge in [-0.05, 0) is 13.0 Å². The Morgan fingerprint density at radius 3 is 2.87 bits per heavy atom. The third-order valence-electron chi connectivity index (χ3n) is 2.56. The number of nitrogens with zero attached hydrogens (tertiary/aromatic N) is 3. The normalized spacial score (nSPS) is 15.3. The van der Waals surface area contributed by atoms with Crippen LogP contribution in [0.2, 0.25) is 0 Å². The van der Waals surface area contributed by atoms with E-state index in [1.807, 2.05) is 0 Å². The Labute approximate surface area is 89.3 Å². The molecule has 2 rings (SSSR count). The summed E-state index contributed by atoms with van der Waals surface area (Å²) >= 11 is 0. The van der Waals surface area contributed by atoms with E-state index in [2.05, 4.69) is 21.8 Å². The van der Waals surface area contributed by atoms with Gasteiger partial charge in [0.25, 0.3) is 0 Å². The SMILES string of the molecule is CCCN1Cc2nc(N)nc(OC)c2C1. The first kappa shape index (κ1) is 10.2. The van der Waals surface area contributed by atoms with Crippen LogP contribution in [0.3, 0.4) is 0 Å². The number of rotatable bonds is 3. The highest BCUT2D eigenvalue weighted by Crippen LogP contribution is 2.28. The van der Waals surface area contributed by atoms with Crippen molar-refractivity contribution in [2.75, 3.05) is 19.4 Å². The molecule has 1 aliphatic heterocycles. The Morgan fingerprint density at radius 1 is 1.40 bits per heavy atom. The highest BCUT2D eigenvalue weighted by Gasteiger charge is 2.24. The Kier molecular flexibility index (Phi) is 2.73. The van der Waals surface area contributed by atoms with Crippen LogP contribution in [0.1, 0.15) is 24.6 Å². The van der Waals surface area contributed by atoms with Crippen LogP contribution in [-0.2, 0) is 13.1 Å². The number of fused-ring (bicyclic) bond motifs is 1. The Morgan fingerprint density at radius 2 is 2.20 bits per heavy atom. The van der Waals surface area contributed by atoms with E-state index in [1.165, 1.54) is 0 Å². The monoisotopic (exact) mass is 208 g/mol. The summed E-state index contributed by atoms with van der Waals surface area (Å²) < 4.78 is 5.21. The molecule has 0 amide bonds. The average molecular weight is 208 g/mol. The van der Waals surface area contributed by atoms with E-state index in [-0.39, 0.29) is 0 Å². The molecule has 15 heavy (non-hydrogen) atoms. The lowest BCUT2D eigenvalue weighted by Gasteiger charge is -2.11. The minimum atomic E-state index is 0.295. The fourth-order valence-electron chi connectivity index (χ4n) is 1.95. The predicted molar refractivity (Wildman–Crippen MR) is 57.4 cm³/mol. The van der Waals surface area contributed by atoms with Crippen LogP contribution in [0.15, 0.2) is 0 Å². The third-order valence-corrected chi connectivity index (χ3v) is 2.56. The van der Waals surface area contributed by atoms with Crippen molar-refractivity contribution < 1.29 is 4.74 Å². The van der Waals surface area contributed by atoms with E-state index >= 15 is 0 Å². The molecule has 0 fully saturated rings. The third kappa shape index (κ3) is 1.87. The van der Waals surface area contributed by atoms with Crippen molar-refractivity contribution in [3.05, 3.63) is 11.3 Å². The van der Waals surface area contributed by atoms with Crippen molar-refractivity contribution in [2.45, 2.75) is 26.4 Å². The summed E-state index contributed by atoms with van der Waals surface area (Å²) in [5.74, 6) is 0.917. The largest absolute Gasteiger partial charge is 0.481 e. The molecular formula is C10H16N4O. The van der Waals surface area contributed by atoms with Crippen LogP contribution >= 0.6 is 0 Å². The number of ether oxygens (including phenoxy) is 1. The number of methoxy groups -OCH3 is 1. The summed E-state index contributed by atoms with van der Waals surface area (Å²) in [4.78, 5) is 10.6. The molecule has 0 atom stereocenters. The van der Waals surface area contributed by atoms with E-state index in [4.69, 9.17) is 10.5 Å². The number of anilines is 1. The zero-order chi connectivity index (χ0) is 10.8. The second kappa shape index (κ2) is 4.02. The van der Waals surface area contributed by atoms with Crippen molar-refractivity contribution in [2.24, 2.45) is 0 Å².